The molecule has 0 fully saturated rings. The van der Waals surface area contributed by atoms with Crippen molar-refractivity contribution in [2.75, 3.05) is 26.4 Å². The van der Waals surface area contributed by atoms with Crippen LogP contribution in [0.3, 0.4) is 0 Å². The zero-order valence-corrected chi connectivity index (χ0v) is 37.2. The number of rotatable bonds is 19. The topological polar surface area (TPSA) is 120 Å². The van der Waals surface area contributed by atoms with Crippen LogP contribution in [0.1, 0.15) is 59.1 Å². The van der Waals surface area contributed by atoms with Crippen molar-refractivity contribution in [1.82, 2.24) is 0 Å². The molecule has 0 radical (unpaired) electrons. The molecule has 0 aliphatic heterocycles. The van der Waals surface area contributed by atoms with Gasteiger partial charge in [0.15, 0.2) is 0 Å². The number of hydrogen-bond acceptors (Lipinski definition) is 10. The van der Waals surface area contributed by atoms with Crippen LogP contribution in [-0.2, 0) is 19.1 Å². The summed E-state index contributed by atoms with van der Waals surface area (Å²) in [6, 6.07) is 42.7. The molecular formula is C56H50N4O6. The summed E-state index contributed by atoms with van der Waals surface area (Å²) < 4.78 is 21.4. The predicted molar refractivity (Wildman–Crippen MR) is 259 cm³/mol. The third-order valence-electron chi connectivity index (χ3n) is 9.82. The molecule has 0 atom stereocenters. The van der Waals surface area contributed by atoms with Gasteiger partial charge in [0.1, 0.15) is 11.5 Å². The number of carbonyl (C=O) groups is 2. The molecule has 0 bridgehead atoms. The number of hydrogen-bond donors (Lipinski definition) is 0. The number of esters is 2. The van der Waals surface area contributed by atoms with Crippen molar-refractivity contribution in [1.29, 1.82) is 0 Å². The fourth-order valence-corrected chi connectivity index (χ4v) is 6.42. The Morgan fingerprint density at radius 1 is 0.455 bits per heavy atom. The van der Waals surface area contributed by atoms with Gasteiger partial charge in [-0.1, -0.05) is 49.0 Å². The quantitative estimate of drug-likeness (QED) is 0.0263. The largest absolute Gasteiger partial charge is 0.494 e. The van der Waals surface area contributed by atoms with Crippen LogP contribution in [-0.4, -0.2) is 38.4 Å². The molecule has 66 heavy (non-hydrogen) atoms. The molecule has 6 aromatic rings. The number of benzene rings is 6. The van der Waals surface area contributed by atoms with Crippen LogP contribution in [0.15, 0.2) is 179 Å². The maximum Gasteiger partial charge on any atom is 0.330 e. The summed E-state index contributed by atoms with van der Waals surface area (Å²) in [6.45, 7) is 12.7. The van der Waals surface area contributed by atoms with Crippen molar-refractivity contribution in [2.45, 2.75) is 39.5 Å². The zero-order valence-electron chi connectivity index (χ0n) is 37.2. The molecule has 0 saturated carbocycles. The van der Waals surface area contributed by atoms with E-state index in [1.54, 1.807) is 0 Å². The Morgan fingerprint density at radius 3 is 1.14 bits per heavy atom. The first kappa shape index (κ1) is 47.1. The first-order valence-electron chi connectivity index (χ1n) is 21.6. The smallest absolute Gasteiger partial charge is 0.330 e. The van der Waals surface area contributed by atoms with E-state index in [0.717, 1.165) is 86.8 Å². The molecule has 0 unspecified atom stereocenters. The molecule has 0 saturated heterocycles. The molecule has 0 spiro atoms. The Balaban J connectivity index is 0.952. The molecule has 0 aliphatic rings. The van der Waals surface area contributed by atoms with Crippen LogP contribution in [0.2, 0.25) is 0 Å². The Labute approximate surface area is 386 Å². The lowest BCUT2D eigenvalue weighted by molar-refractivity contribution is -0.138. The molecule has 10 nitrogen and oxygen atoms in total. The average molecular weight is 875 g/mol. The fourth-order valence-electron chi connectivity index (χ4n) is 6.42. The van der Waals surface area contributed by atoms with E-state index < -0.39 is 11.9 Å². The Kier molecular flexibility index (Phi) is 17.9. The van der Waals surface area contributed by atoms with Gasteiger partial charge < -0.3 is 18.9 Å². The van der Waals surface area contributed by atoms with E-state index in [9.17, 15) is 9.59 Å². The lowest BCUT2D eigenvalue weighted by Crippen LogP contribution is -2.04. The minimum Gasteiger partial charge on any atom is -0.494 e. The third kappa shape index (κ3) is 15.5. The van der Waals surface area contributed by atoms with E-state index >= 15 is 0 Å². The van der Waals surface area contributed by atoms with Gasteiger partial charge >= 0.3 is 11.9 Å². The maximum absolute atomic E-state index is 11.1. The van der Waals surface area contributed by atoms with Crippen molar-refractivity contribution in [3.63, 3.8) is 0 Å². The van der Waals surface area contributed by atoms with Gasteiger partial charge in [-0.05, 0) is 183 Å². The molecule has 0 amide bonds. The molecule has 6 rings (SSSR count). The highest BCUT2D eigenvalue weighted by Gasteiger charge is 2.08. The zero-order chi connectivity index (χ0) is 46.4. The average Bonchev–Trinajstić information content (AvgIpc) is 3.34. The van der Waals surface area contributed by atoms with Crippen molar-refractivity contribution in [2.24, 2.45) is 20.5 Å². The van der Waals surface area contributed by atoms with E-state index in [0.29, 0.717) is 50.6 Å². The summed E-state index contributed by atoms with van der Waals surface area (Å²) in [6.07, 6.45) is 5.28. The second-order valence-corrected chi connectivity index (χ2v) is 14.9. The molecule has 0 heterocycles. The Bertz CT molecular complexity index is 2750. The highest BCUT2D eigenvalue weighted by atomic mass is 16.5. The molecular weight excluding hydrogens is 825 g/mol. The van der Waals surface area contributed by atoms with Gasteiger partial charge in [-0.3, -0.25) is 0 Å². The lowest BCUT2D eigenvalue weighted by Gasteiger charge is -2.11. The summed E-state index contributed by atoms with van der Waals surface area (Å²) in [5, 5.41) is 17.4. The van der Waals surface area contributed by atoms with Crippen LogP contribution < -0.4 is 9.47 Å². The maximum atomic E-state index is 11.1. The number of nitrogens with zero attached hydrogens (tertiary/aromatic N) is 4. The second-order valence-electron chi connectivity index (χ2n) is 14.9. The van der Waals surface area contributed by atoms with Crippen molar-refractivity contribution in [3.8, 4) is 46.3 Å². The summed E-state index contributed by atoms with van der Waals surface area (Å²) in [5.41, 5.74) is 11.1. The standard InChI is InChI=1S/C56H50N4O6/c1-5-54(61)65-37-9-7-35-63-52-31-27-50(28-32-52)59-57-48-23-17-44(18-24-48)12-11-43-15-21-47(22-16-43)56-41(3)39-46(40-42(56)4)14-13-45-19-25-49(26-20-45)58-60-51-29-33-53(34-30-51)64-36-8-10-38-66-55(62)6-2/h5-6,15-34,39-40H,1-2,7-10,35-38H2,3-4H3. The van der Waals surface area contributed by atoms with Gasteiger partial charge in [0.05, 0.1) is 49.2 Å². The monoisotopic (exact) mass is 874 g/mol. The minimum absolute atomic E-state index is 0.349. The Morgan fingerprint density at radius 2 is 0.773 bits per heavy atom. The minimum atomic E-state index is -0.412. The normalized spacial score (nSPS) is 10.6. The van der Waals surface area contributed by atoms with Crippen LogP contribution in [0.5, 0.6) is 11.5 Å². The predicted octanol–water partition coefficient (Wildman–Crippen LogP) is 13.4. The molecule has 0 N–H and O–H groups in total. The molecule has 330 valence electrons. The first-order chi connectivity index (χ1) is 32.2. The fraction of sp³-hybridized carbons (Fsp3) is 0.179. The van der Waals surface area contributed by atoms with E-state index in [1.807, 2.05) is 109 Å². The van der Waals surface area contributed by atoms with Gasteiger partial charge in [-0.25, -0.2) is 9.59 Å². The number of carbonyl (C=O) groups excluding carboxylic acids is 2. The first-order valence-corrected chi connectivity index (χ1v) is 21.6. The van der Waals surface area contributed by atoms with E-state index in [1.165, 1.54) is 5.56 Å². The van der Waals surface area contributed by atoms with Crippen molar-refractivity contribution < 1.29 is 28.5 Å². The summed E-state index contributed by atoms with van der Waals surface area (Å²) >= 11 is 0. The number of ether oxygens (including phenoxy) is 4. The van der Waals surface area contributed by atoms with Gasteiger partial charge in [-0.15, -0.1) is 0 Å². The van der Waals surface area contributed by atoms with Gasteiger partial charge in [-0.2, -0.15) is 20.5 Å². The second kappa shape index (κ2) is 25.1. The highest BCUT2D eigenvalue weighted by Crippen LogP contribution is 2.29. The van der Waals surface area contributed by atoms with Crippen LogP contribution in [0, 0.1) is 37.5 Å². The summed E-state index contributed by atoms with van der Waals surface area (Å²) in [5.74, 6) is 13.8. The van der Waals surface area contributed by atoms with E-state index in [2.05, 4.69) is 95.4 Å². The lowest BCUT2D eigenvalue weighted by atomic mass is 9.93. The number of aryl methyl sites for hydroxylation is 2. The summed E-state index contributed by atoms with van der Waals surface area (Å²) in [7, 11) is 0. The van der Waals surface area contributed by atoms with E-state index in [-0.39, 0.29) is 0 Å². The SMILES string of the molecule is C=CC(=O)OCCCCOc1ccc(N=Nc2ccc(C#Cc3ccc(-c4c(C)cc(C#Cc5ccc(N=Nc6ccc(OCCCCOC(=O)C=C)cc6)cc5)cc4C)cc3)cc2)cc1. The Hall–Kier alpha value is -8.34. The van der Waals surface area contributed by atoms with Gasteiger partial charge in [0.25, 0.3) is 0 Å². The van der Waals surface area contributed by atoms with Crippen molar-refractivity contribution >= 4 is 34.7 Å². The molecule has 0 aliphatic carbocycles. The van der Waals surface area contributed by atoms with Crippen LogP contribution in [0.4, 0.5) is 22.7 Å². The van der Waals surface area contributed by atoms with Gasteiger partial charge in [0.2, 0.25) is 0 Å². The van der Waals surface area contributed by atoms with Gasteiger partial charge in [0, 0.05) is 34.4 Å². The molecule has 0 aromatic heterocycles. The number of azo groups is 2. The molecule has 10 heteroatoms. The number of unbranched alkanes of at least 4 members (excludes halogenated alkanes) is 2. The van der Waals surface area contributed by atoms with Crippen LogP contribution >= 0.6 is 0 Å². The highest BCUT2D eigenvalue weighted by molar-refractivity contribution is 5.81. The molecule has 6 aromatic carbocycles. The van der Waals surface area contributed by atoms with Crippen molar-refractivity contribution in [3.05, 3.63) is 192 Å². The summed E-state index contributed by atoms with van der Waals surface area (Å²) in [4.78, 5) is 22.2. The van der Waals surface area contributed by atoms with E-state index in [4.69, 9.17) is 18.9 Å². The van der Waals surface area contributed by atoms with Crippen LogP contribution in [0.25, 0.3) is 11.1 Å². The third-order valence-corrected chi connectivity index (χ3v) is 9.82.